The van der Waals surface area contributed by atoms with Crippen molar-refractivity contribution < 1.29 is 27.8 Å². The Morgan fingerprint density at radius 3 is 2.23 bits per heavy atom. The number of carbonyl (C=O) groups excluding carboxylic acids is 2. The summed E-state index contributed by atoms with van der Waals surface area (Å²) in [5.74, 6) is -1.38. The van der Waals surface area contributed by atoms with Crippen molar-refractivity contribution in [2.24, 2.45) is 11.1 Å². The molecule has 224 valence electrons. The summed E-state index contributed by atoms with van der Waals surface area (Å²) in [6, 6.07) is 14.8. The molecular weight excluding hydrogens is 554 g/mol. The minimum absolute atomic E-state index is 0.185. The van der Waals surface area contributed by atoms with Crippen LogP contribution < -0.4 is 20.1 Å². The maximum atomic E-state index is 15.9. The summed E-state index contributed by atoms with van der Waals surface area (Å²) in [5, 5.41) is 0.652. The van der Waals surface area contributed by atoms with Crippen molar-refractivity contribution in [1.82, 2.24) is 9.88 Å². The number of benzene rings is 3. The number of ether oxygens (including phenoxy) is 2. The molecule has 0 atom stereocenters. The van der Waals surface area contributed by atoms with Crippen molar-refractivity contribution in [3.63, 3.8) is 0 Å². The van der Waals surface area contributed by atoms with Crippen molar-refractivity contribution in [2.45, 2.75) is 26.7 Å². The smallest absolute Gasteiger partial charge is 0.247 e. The van der Waals surface area contributed by atoms with Crippen molar-refractivity contribution in [1.29, 1.82) is 0 Å². The average Bonchev–Trinajstić information content (AvgIpc) is 3.82. The third-order valence-corrected chi connectivity index (χ3v) is 8.01. The van der Waals surface area contributed by atoms with Crippen LogP contribution in [0.15, 0.2) is 66.9 Å². The lowest BCUT2D eigenvalue weighted by molar-refractivity contribution is -0.133. The minimum Gasteiger partial charge on any atom is -0.493 e. The van der Waals surface area contributed by atoms with Gasteiger partial charge in [0.2, 0.25) is 11.8 Å². The monoisotopic (exact) mass is 588 g/mol. The highest BCUT2D eigenvalue weighted by Crippen LogP contribution is 2.49. The predicted molar refractivity (Wildman–Crippen MR) is 161 cm³/mol. The number of likely N-dealkylation sites (N-methyl/N-ethyl adjacent to an activating group) is 1. The fraction of sp³-hybridized carbons (Fsp3) is 0.303. The molecule has 5 rings (SSSR count). The molecule has 1 aliphatic rings. The van der Waals surface area contributed by atoms with Crippen LogP contribution in [0.5, 0.6) is 11.5 Å². The number of primary amides is 1. The average molecular weight is 589 g/mol. The van der Waals surface area contributed by atoms with Gasteiger partial charge in [0.05, 0.1) is 18.3 Å². The summed E-state index contributed by atoms with van der Waals surface area (Å²) in [7, 11) is 1.55. The molecule has 1 saturated carbocycles. The SMILES string of the molecule is CCN(CC)CCOc1cc2nccc(-c3ccc(N(C(=O)C4(C(N)=O)CC4)c4ccc(F)cc4)cc3F)c2cc1OC. The van der Waals surface area contributed by atoms with E-state index >= 15 is 4.39 Å². The van der Waals surface area contributed by atoms with Crippen LogP contribution in [0.25, 0.3) is 22.0 Å². The molecule has 8 nitrogen and oxygen atoms in total. The second-order valence-corrected chi connectivity index (χ2v) is 10.5. The molecule has 1 heterocycles. The van der Waals surface area contributed by atoms with Crippen molar-refractivity contribution >= 4 is 34.1 Å². The van der Waals surface area contributed by atoms with Crippen molar-refractivity contribution in [2.75, 3.05) is 38.3 Å². The largest absolute Gasteiger partial charge is 0.493 e. The number of halogens is 2. The Morgan fingerprint density at radius 1 is 0.930 bits per heavy atom. The van der Waals surface area contributed by atoms with E-state index in [2.05, 4.69) is 23.7 Å². The van der Waals surface area contributed by atoms with Crippen molar-refractivity contribution in [3.05, 3.63) is 78.5 Å². The molecular formula is C33H34F2N4O4. The van der Waals surface area contributed by atoms with E-state index in [1.807, 2.05) is 0 Å². The van der Waals surface area contributed by atoms with Gasteiger partial charge in [0, 0.05) is 35.4 Å². The molecule has 10 heteroatoms. The Kier molecular flexibility index (Phi) is 8.59. The molecule has 0 bridgehead atoms. The van der Waals surface area contributed by atoms with Crippen LogP contribution in [0.2, 0.25) is 0 Å². The molecule has 1 aromatic heterocycles. The summed E-state index contributed by atoms with van der Waals surface area (Å²) < 4.78 is 41.3. The van der Waals surface area contributed by atoms with E-state index in [1.54, 1.807) is 43.6 Å². The van der Waals surface area contributed by atoms with E-state index in [0.29, 0.717) is 53.1 Å². The molecule has 43 heavy (non-hydrogen) atoms. The normalized spacial score (nSPS) is 13.6. The van der Waals surface area contributed by atoms with Gasteiger partial charge in [-0.3, -0.25) is 19.5 Å². The Morgan fingerprint density at radius 2 is 1.63 bits per heavy atom. The van der Waals surface area contributed by atoms with Gasteiger partial charge in [0.15, 0.2) is 11.5 Å². The summed E-state index contributed by atoms with van der Waals surface area (Å²) in [4.78, 5) is 33.7. The number of anilines is 2. The lowest BCUT2D eigenvalue weighted by Gasteiger charge is -2.27. The first-order valence-corrected chi connectivity index (χ1v) is 14.2. The molecule has 1 fully saturated rings. The summed E-state index contributed by atoms with van der Waals surface area (Å²) in [6.45, 7) is 7.27. The van der Waals surface area contributed by atoms with Gasteiger partial charge in [-0.2, -0.15) is 0 Å². The van der Waals surface area contributed by atoms with Crippen LogP contribution >= 0.6 is 0 Å². The molecule has 1 aliphatic carbocycles. The molecule has 2 N–H and O–H groups in total. The minimum atomic E-state index is -1.37. The van der Waals surface area contributed by atoms with Gasteiger partial charge in [-0.1, -0.05) is 13.8 Å². The Labute approximate surface area is 249 Å². The predicted octanol–water partition coefficient (Wildman–Crippen LogP) is 5.84. The third kappa shape index (κ3) is 5.87. The van der Waals surface area contributed by atoms with Crippen LogP contribution in [0, 0.1) is 17.0 Å². The molecule has 0 spiro atoms. The van der Waals surface area contributed by atoms with E-state index in [4.69, 9.17) is 15.2 Å². The number of methoxy groups -OCH3 is 1. The number of nitrogens with zero attached hydrogens (tertiary/aromatic N) is 3. The summed E-state index contributed by atoms with van der Waals surface area (Å²) in [6.07, 6.45) is 2.19. The molecule has 0 unspecified atom stereocenters. The third-order valence-electron chi connectivity index (χ3n) is 8.01. The van der Waals surface area contributed by atoms with Gasteiger partial charge in [-0.15, -0.1) is 0 Å². The van der Waals surface area contributed by atoms with Gasteiger partial charge < -0.3 is 20.1 Å². The number of nitrogens with two attached hydrogens (primary N) is 1. The summed E-state index contributed by atoms with van der Waals surface area (Å²) >= 11 is 0. The van der Waals surface area contributed by atoms with Crippen LogP contribution in [0.3, 0.4) is 0 Å². The lowest BCUT2D eigenvalue weighted by Crippen LogP contribution is -2.41. The fourth-order valence-electron chi connectivity index (χ4n) is 5.23. The van der Waals surface area contributed by atoms with Crippen LogP contribution in [-0.4, -0.2) is 55.0 Å². The number of amides is 2. The van der Waals surface area contributed by atoms with Gasteiger partial charge in [0.1, 0.15) is 23.7 Å². The first-order valence-electron chi connectivity index (χ1n) is 14.2. The number of carbonyl (C=O) groups is 2. The van der Waals surface area contributed by atoms with E-state index in [1.165, 1.54) is 35.2 Å². The number of pyridine rings is 1. The maximum absolute atomic E-state index is 15.9. The number of rotatable bonds is 12. The van der Waals surface area contributed by atoms with E-state index in [9.17, 15) is 14.0 Å². The summed E-state index contributed by atoms with van der Waals surface area (Å²) in [5.41, 5.74) is 6.12. The first kappa shape index (κ1) is 29.9. The van der Waals surface area contributed by atoms with Gasteiger partial charge in [-0.25, -0.2) is 8.78 Å². The highest BCUT2D eigenvalue weighted by atomic mass is 19.1. The zero-order valence-corrected chi connectivity index (χ0v) is 24.4. The van der Waals surface area contributed by atoms with E-state index < -0.39 is 28.9 Å². The Bertz CT molecular complexity index is 1650. The van der Waals surface area contributed by atoms with Crippen LogP contribution in [-0.2, 0) is 9.59 Å². The second-order valence-electron chi connectivity index (χ2n) is 10.5. The lowest BCUT2D eigenvalue weighted by atomic mass is 9.99. The van der Waals surface area contributed by atoms with Gasteiger partial charge in [-0.05, 0) is 86.1 Å². The van der Waals surface area contributed by atoms with Gasteiger partial charge >= 0.3 is 0 Å². The Hall–Kier alpha value is -4.57. The topological polar surface area (TPSA) is 98.0 Å². The van der Waals surface area contributed by atoms with E-state index in [-0.39, 0.29) is 11.3 Å². The number of aromatic nitrogens is 1. The number of hydrogen-bond donors (Lipinski definition) is 1. The molecule has 0 aliphatic heterocycles. The zero-order chi connectivity index (χ0) is 30.7. The fourth-order valence-corrected chi connectivity index (χ4v) is 5.23. The maximum Gasteiger partial charge on any atom is 0.247 e. The van der Waals surface area contributed by atoms with Gasteiger partial charge in [0.25, 0.3) is 0 Å². The highest BCUT2D eigenvalue weighted by molar-refractivity contribution is 6.16. The first-order chi connectivity index (χ1) is 20.7. The zero-order valence-electron chi connectivity index (χ0n) is 24.4. The quantitative estimate of drug-likeness (QED) is 0.209. The van der Waals surface area contributed by atoms with Crippen molar-refractivity contribution in [3.8, 4) is 22.6 Å². The number of hydrogen-bond acceptors (Lipinski definition) is 6. The Balaban J connectivity index is 1.51. The molecule has 0 saturated heterocycles. The number of fused-ring (bicyclic) bond motifs is 1. The molecule has 3 aromatic carbocycles. The molecule has 0 radical (unpaired) electrons. The highest BCUT2D eigenvalue weighted by Gasteiger charge is 2.57. The van der Waals surface area contributed by atoms with Crippen LogP contribution in [0.4, 0.5) is 20.2 Å². The standard InChI is InChI=1S/C33H34F2N4O4/c1-4-38(5-2)16-17-43-30-20-28-26(19-29(30)42-3)24(12-15-37-28)25-11-10-23(18-27(25)35)39(22-8-6-21(34)7-9-22)32(41)33(13-14-33)31(36)40/h6-12,15,18-20H,4-5,13-14,16-17H2,1-3H3,(H2,36,40). The van der Waals surface area contributed by atoms with Crippen LogP contribution in [0.1, 0.15) is 26.7 Å². The second kappa shape index (κ2) is 12.3. The molecule has 2 amide bonds. The molecule has 4 aromatic rings. The van der Waals surface area contributed by atoms with E-state index in [0.717, 1.165) is 19.6 Å².